The smallest absolute Gasteiger partial charge is 0.251 e. The molecule has 0 unspecified atom stereocenters. The predicted octanol–water partition coefficient (Wildman–Crippen LogP) is 3.37. The monoisotopic (exact) mass is 350 g/mol. The summed E-state index contributed by atoms with van der Waals surface area (Å²) in [5.74, 6) is 0.687. The van der Waals surface area contributed by atoms with Crippen molar-refractivity contribution in [3.05, 3.63) is 52.2 Å². The molecule has 1 aromatic carbocycles. The number of aryl methyl sites for hydroxylation is 1. The van der Waals surface area contributed by atoms with E-state index in [1.54, 1.807) is 6.07 Å². The third kappa shape index (κ3) is 4.89. The zero-order valence-electron chi connectivity index (χ0n) is 13.7. The number of halogens is 2. The molecule has 0 aliphatic heterocycles. The highest BCUT2D eigenvalue weighted by Gasteiger charge is 2.08. The van der Waals surface area contributed by atoms with E-state index in [4.69, 9.17) is 11.6 Å². The van der Waals surface area contributed by atoms with Crippen molar-refractivity contribution in [1.29, 1.82) is 0 Å². The fraction of sp³-hybridized carbons (Fsp3) is 0.353. The maximum absolute atomic E-state index is 13.1. The molecule has 0 spiro atoms. The van der Waals surface area contributed by atoms with E-state index in [1.807, 2.05) is 13.8 Å². The molecular weight excluding hydrogens is 331 g/mol. The highest BCUT2D eigenvalue weighted by atomic mass is 35.5. The number of carbonyl (C=O) groups excluding carboxylic acids is 1. The van der Waals surface area contributed by atoms with Crippen LogP contribution in [0.15, 0.2) is 24.3 Å². The number of benzene rings is 1. The third-order valence-corrected chi connectivity index (χ3v) is 3.84. The maximum Gasteiger partial charge on any atom is 0.251 e. The summed E-state index contributed by atoms with van der Waals surface area (Å²) in [6.45, 7) is 4.92. The number of anilines is 1. The van der Waals surface area contributed by atoms with E-state index < -0.39 is 5.82 Å². The molecule has 1 heterocycles. The Morgan fingerprint density at radius 3 is 2.79 bits per heavy atom. The van der Waals surface area contributed by atoms with Gasteiger partial charge in [0, 0.05) is 30.6 Å². The zero-order chi connectivity index (χ0) is 17.5. The SMILES string of the molecule is CCc1nc(Cl)c(C)c(NCCCNC(=O)c2cccc(F)c2)n1. The van der Waals surface area contributed by atoms with Crippen molar-refractivity contribution in [1.82, 2.24) is 15.3 Å². The van der Waals surface area contributed by atoms with Crippen molar-refractivity contribution in [2.75, 3.05) is 18.4 Å². The second-order valence-electron chi connectivity index (χ2n) is 5.30. The first-order valence-electron chi connectivity index (χ1n) is 7.82. The van der Waals surface area contributed by atoms with Gasteiger partial charge in [0.15, 0.2) is 0 Å². The molecule has 0 bridgehead atoms. The standard InChI is InChI=1S/C17H20ClFN4O/c1-3-14-22-15(18)11(2)16(23-14)20-8-5-9-21-17(24)12-6-4-7-13(19)10-12/h4,6-7,10H,3,5,8-9H2,1-2H3,(H,21,24)(H,20,22,23). The zero-order valence-corrected chi connectivity index (χ0v) is 14.5. The summed E-state index contributed by atoms with van der Waals surface area (Å²) in [7, 11) is 0. The summed E-state index contributed by atoms with van der Waals surface area (Å²) in [5, 5.41) is 6.41. The van der Waals surface area contributed by atoms with E-state index in [2.05, 4.69) is 20.6 Å². The largest absolute Gasteiger partial charge is 0.370 e. The van der Waals surface area contributed by atoms with Gasteiger partial charge in [0.2, 0.25) is 0 Å². The molecule has 0 fully saturated rings. The van der Waals surface area contributed by atoms with E-state index in [0.717, 1.165) is 5.56 Å². The number of hydrogen-bond donors (Lipinski definition) is 2. The summed E-state index contributed by atoms with van der Waals surface area (Å²) in [4.78, 5) is 20.5. The molecule has 2 aromatic rings. The lowest BCUT2D eigenvalue weighted by Crippen LogP contribution is -2.26. The van der Waals surface area contributed by atoms with Crippen LogP contribution in [-0.4, -0.2) is 29.0 Å². The summed E-state index contributed by atoms with van der Waals surface area (Å²) < 4.78 is 13.1. The molecule has 2 N–H and O–H groups in total. The second kappa shape index (κ2) is 8.59. The minimum atomic E-state index is -0.424. The van der Waals surface area contributed by atoms with Crippen molar-refractivity contribution in [2.24, 2.45) is 0 Å². The van der Waals surface area contributed by atoms with Gasteiger partial charge in [-0.3, -0.25) is 4.79 Å². The third-order valence-electron chi connectivity index (χ3n) is 3.47. The maximum atomic E-state index is 13.1. The highest BCUT2D eigenvalue weighted by molar-refractivity contribution is 6.30. The summed E-state index contributed by atoms with van der Waals surface area (Å²) in [5.41, 5.74) is 1.12. The number of aromatic nitrogens is 2. The van der Waals surface area contributed by atoms with Gasteiger partial charge in [-0.1, -0.05) is 24.6 Å². The van der Waals surface area contributed by atoms with Crippen LogP contribution in [0.2, 0.25) is 5.15 Å². The first kappa shape index (κ1) is 18.1. The van der Waals surface area contributed by atoms with E-state index in [-0.39, 0.29) is 5.91 Å². The van der Waals surface area contributed by atoms with Crippen LogP contribution in [0.25, 0.3) is 0 Å². The lowest BCUT2D eigenvalue weighted by atomic mass is 10.2. The van der Waals surface area contributed by atoms with Crippen LogP contribution in [0.1, 0.15) is 35.1 Å². The molecule has 0 atom stereocenters. The minimum absolute atomic E-state index is 0.288. The van der Waals surface area contributed by atoms with Crippen LogP contribution in [0.4, 0.5) is 10.2 Å². The van der Waals surface area contributed by atoms with Gasteiger partial charge in [0.1, 0.15) is 22.6 Å². The molecule has 0 saturated carbocycles. The minimum Gasteiger partial charge on any atom is -0.370 e. The molecule has 1 amide bonds. The molecule has 1 aromatic heterocycles. The van der Waals surface area contributed by atoms with Gasteiger partial charge >= 0.3 is 0 Å². The summed E-state index contributed by atoms with van der Waals surface area (Å²) in [6, 6.07) is 5.61. The Bertz CT molecular complexity index is 724. The molecular formula is C17H20ClFN4O. The lowest BCUT2D eigenvalue weighted by molar-refractivity contribution is 0.0953. The van der Waals surface area contributed by atoms with Gasteiger partial charge in [-0.25, -0.2) is 14.4 Å². The Morgan fingerprint density at radius 2 is 2.08 bits per heavy atom. The Labute approximate surface area is 145 Å². The number of carbonyl (C=O) groups is 1. The number of nitrogens with one attached hydrogen (secondary N) is 2. The quantitative estimate of drug-likeness (QED) is 0.593. The Morgan fingerprint density at radius 1 is 1.29 bits per heavy atom. The number of rotatable bonds is 7. The predicted molar refractivity (Wildman–Crippen MR) is 93.0 cm³/mol. The number of amides is 1. The van der Waals surface area contributed by atoms with E-state index in [1.165, 1.54) is 18.2 Å². The number of nitrogens with zero attached hydrogens (tertiary/aromatic N) is 2. The van der Waals surface area contributed by atoms with Crippen LogP contribution in [0.3, 0.4) is 0 Å². The van der Waals surface area contributed by atoms with Gasteiger partial charge in [-0.15, -0.1) is 0 Å². The fourth-order valence-electron chi connectivity index (χ4n) is 2.09. The van der Waals surface area contributed by atoms with Crippen LogP contribution in [0, 0.1) is 12.7 Å². The van der Waals surface area contributed by atoms with Crippen molar-refractivity contribution in [3.8, 4) is 0 Å². The summed E-state index contributed by atoms with van der Waals surface area (Å²) >= 11 is 6.08. The molecule has 5 nitrogen and oxygen atoms in total. The Kier molecular flexibility index (Phi) is 6.49. The van der Waals surface area contributed by atoms with E-state index in [9.17, 15) is 9.18 Å². The first-order chi connectivity index (χ1) is 11.5. The highest BCUT2D eigenvalue weighted by Crippen LogP contribution is 2.19. The average molecular weight is 351 g/mol. The van der Waals surface area contributed by atoms with Crippen LogP contribution in [-0.2, 0) is 6.42 Å². The van der Waals surface area contributed by atoms with Gasteiger partial charge in [-0.2, -0.15) is 0 Å². The van der Waals surface area contributed by atoms with Crippen LogP contribution >= 0.6 is 11.6 Å². The fourth-order valence-corrected chi connectivity index (χ4v) is 2.28. The van der Waals surface area contributed by atoms with Gasteiger partial charge in [0.25, 0.3) is 5.91 Å². The molecule has 128 valence electrons. The van der Waals surface area contributed by atoms with E-state index in [0.29, 0.717) is 48.3 Å². The molecule has 0 aliphatic carbocycles. The van der Waals surface area contributed by atoms with Crippen molar-refractivity contribution >= 4 is 23.3 Å². The molecule has 0 saturated heterocycles. The van der Waals surface area contributed by atoms with Crippen LogP contribution < -0.4 is 10.6 Å². The van der Waals surface area contributed by atoms with Gasteiger partial charge in [0.05, 0.1) is 0 Å². The normalized spacial score (nSPS) is 10.5. The Balaban J connectivity index is 1.79. The van der Waals surface area contributed by atoms with Gasteiger partial charge in [-0.05, 0) is 31.5 Å². The van der Waals surface area contributed by atoms with Crippen molar-refractivity contribution in [3.63, 3.8) is 0 Å². The van der Waals surface area contributed by atoms with Gasteiger partial charge < -0.3 is 10.6 Å². The Hall–Kier alpha value is -2.21. The summed E-state index contributed by atoms with van der Waals surface area (Å²) in [6.07, 6.45) is 1.40. The molecule has 24 heavy (non-hydrogen) atoms. The average Bonchev–Trinajstić information content (AvgIpc) is 2.57. The van der Waals surface area contributed by atoms with Crippen LogP contribution in [0.5, 0.6) is 0 Å². The topological polar surface area (TPSA) is 66.9 Å². The lowest BCUT2D eigenvalue weighted by Gasteiger charge is -2.11. The number of hydrogen-bond acceptors (Lipinski definition) is 4. The van der Waals surface area contributed by atoms with Crippen molar-refractivity contribution in [2.45, 2.75) is 26.7 Å². The molecule has 0 aliphatic rings. The molecule has 0 radical (unpaired) electrons. The van der Waals surface area contributed by atoms with Crippen molar-refractivity contribution < 1.29 is 9.18 Å². The second-order valence-corrected chi connectivity index (χ2v) is 5.66. The first-order valence-corrected chi connectivity index (χ1v) is 8.19. The molecule has 7 heteroatoms. The molecule has 2 rings (SSSR count). The van der Waals surface area contributed by atoms with E-state index >= 15 is 0 Å².